The highest BCUT2D eigenvalue weighted by atomic mass is 35.5. The predicted molar refractivity (Wildman–Crippen MR) is 66.3 cm³/mol. The van der Waals surface area contributed by atoms with E-state index in [1.807, 2.05) is 0 Å². The van der Waals surface area contributed by atoms with E-state index in [9.17, 15) is 9.18 Å². The van der Waals surface area contributed by atoms with Gasteiger partial charge >= 0.3 is 5.97 Å². The number of ether oxygens (including phenoxy) is 1. The van der Waals surface area contributed by atoms with Gasteiger partial charge in [-0.25, -0.2) is 9.18 Å². The Labute approximate surface area is 105 Å². The van der Waals surface area contributed by atoms with Crippen molar-refractivity contribution in [2.75, 3.05) is 0 Å². The van der Waals surface area contributed by atoms with Gasteiger partial charge in [-0.1, -0.05) is 17.7 Å². The number of hydrogen-bond donors (Lipinski definition) is 0. The molecule has 0 fully saturated rings. The van der Waals surface area contributed by atoms with E-state index >= 15 is 0 Å². The van der Waals surface area contributed by atoms with E-state index in [4.69, 9.17) is 16.3 Å². The average Bonchev–Trinajstić information content (AvgIpc) is 2.17. The van der Waals surface area contributed by atoms with Crippen LogP contribution >= 0.6 is 11.6 Å². The molecule has 0 radical (unpaired) electrons. The van der Waals surface area contributed by atoms with Crippen molar-refractivity contribution in [3.8, 4) is 0 Å². The van der Waals surface area contributed by atoms with Gasteiger partial charge in [0.15, 0.2) is 0 Å². The fourth-order valence-electron chi connectivity index (χ4n) is 1.12. The number of rotatable bonds is 2. The number of hydrogen-bond acceptors (Lipinski definition) is 2. The fraction of sp³-hybridized carbons (Fsp3) is 0.308. The molecular weight excluding hydrogens is 243 g/mol. The lowest BCUT2D eigenvalue weighted by molar-refractivity contribution is -0.148. The van der Waals surface area contributed by atoms with Gasteiger partial charge in [-0.05, 0) is 44.5 Å². The highest BCUT2D eigenvalue weighted by molar-refractivity contribution is 6.30. The van der Waals surface area contributed by atoms with Crippen molar-refractivity contribution in [3.63, 3.8) is 0 Å². The van der Waals surface area contributed by atoms with Gasteiger partial charge in [0.1, 0.15) is 11.4 Å². The lowest BCUT2D eigenvalue weighted by Crippen LogP contribution is -2.22. The van der Waals surface area contributed by atoms with Gasteiger partial charge in [-0.15, -0.1) is 0 Å². The van der Waals surface area contributed by atoms with Crippen LogP contribution in [0, 0.1) is 5.82 Å². The van der Waals surface area contributed by atoms with Crippen molar-refractivity contribution < 1.29 is 13.9 Å². The van der Waals surface area contributed by atoms with Crippen molar-refractivity contribution in [2.45, 2.75) is 26.4 Å². The molecule has 0 heterocycles. The van der Waals surface area contributed by atoms with Crippen molar-refractivity contribution in [1.29, 1.82) is 0 Å². The minimum Gasteiger partial charge on any atom is -0.457 e. The first-order valence-corrected chi connectivity index (χ1v) is 5.52. The van der Waals surface area contributed by atoms with E-state index in [2.05, 4.69) is 0 Å². The van der Waals surface area contributed by atoms with Crippen molar-refractivity contribution in [1.82, 2.24) is 0 Å². The zero-order chi connectivity index (χ0) is 13.1. The van der Waals surface area contributed by atoms with Gasteiger partial charge in [0.2, 0.25) is 0 Å². The summed E-state index contributed by atoms with van der Waals surface area (Å²) >= 11 is 5.61. The van der Waals surface area contributed by atoms with Crippen LogP contribution in [0.1, 0.15) is 26.3 Å². The van der Waals surface area contributed by atoms with Gasteiger partial charge in [-0.2, -0.15) is 0 Å². The Bertz CT molecular complexity index is 447. The zero-order valence-electron chi connectivity index (χ0n) is 9.96. The topological polar surface area (TPSA) is 26.3 Å². The molecule has 4 heteroatoms. The number of benzene rings is 1. The molecule has 1 rings (SSSR count). The van der Waals surface area contributed by atoms with E-state index in [0.29, 0.717) is 5.56 Å². The second-order valence-electron chi connectivity index (χ2n) is 4.54. The number of halogens is 2. The Morgan fingerprint density at radius 1 is 1.41 bits per heavy atom. The summed E-state index contributed by atoms with van der Waals surface area (Å²) in [6.07, 6.45) is 2.81. The second-order valence-corrected chi connectivity index (χ2v) is 4.95. The molecule has 0 atom stereocenters. The molecule has 0 amide bonds. The Morgan fingerprint density at radius 2 is 2.06 bits per heavy atom. The first kappa shape index (κ1) is 13.7. The van der Waals surface area contributed by atoms with Crippen LogP contribution < -0.4 is 0 Å². The molecule has 2 nitrogen and oxygen atoms in total. The van der Waals surface area contributed by atoms with Crippen LogP contribution in [0.3, 0.4) is 0 Å². The molecule has 0 saturated heterocycles. The standard InChI is InChI=1S/C13H14ClFO2/c1-13(2,3)17-12(16)7-5-9-4-6-11(15)10(14)8-9/h4-8H,1-3H3. The molecule has 0 aromatic heterocycles. The smallest absolute Gasteiger partial charge is 0.331 e. The number of carbonyl (C=O) groups excluding carboxylic acids is 1. The zero-order valence-corrected chi connectivity index (χ0v) is 10.7. The maximum absolute atomic E-state index is 12.9. The molecule has 0 aliphatic carbocycles. The minimum atomic E-state index is -0.526. The minimum absolute atomic E-state index is 0.0244. The predicted octanol–water partition coefficient (Wildman–Crippen LogP) is 3.83. The van der Waals surface area contributed by atoms with Crippen LogP contribution in [0.2, 0.25) is 5.02 Å². The summed E-state index contributed by atoms with van der Waals surface area (Å²) in [5.74, 6) is -0.931. The van der Waals surface area contributed by atoms with E-state index < -0.39 is 17.4 Å². The molecule has 0 aliphatic heterocycles. The third kappa shape index (κ3) is 5.00. The van der Waals surface area contributed by atoms with E-state index in [0.717, 1.165) is 0 Å². The molecule has 0 spiro atoms. The molecule has 1 aromatic rings. The molecule has 0 saturated carbocycles. The fourth-order valence-corrected chi connectivity index (χ4v) is 1.31. The maximum atomic E-state index is 12.9. The van der Waals surface area contributed by atoms with Gasteiger partial charge in [0, 0.05) is 6.08 Å². The summed E-state index contributed by atoms with van der Waals surface area (Å²) in [5, 5.41) is 0.0244. The summed E-state index contributed by atoms with van der Waals surface area (Å²) in [6, 6.07) is 4.22. The Kier molecular flexibility index (Phi) is 4.29. The number of esters is 1. The lowest BCUT2D eigenvalue weighted by atomic mass is 10.2. The van der Waals surface area contributed by atoms with Crippen molar-refractivity contribution in [2.24, 2.45) is 0 Å². The molecule has 17 heavy (non-hydrogen) atoms. The van der Waals surface area contributed by atoms with Crippen LogP contribution in [-0.2, 0) is 9.53 Å². The first-order chi connectivity index (χ1) is 7.78. The monoisotopic (exact) mass is 256 g/mol. The number of carbonyl (C=O) groups is 1. The van der Waals surface area contributed by atoms with Crippen molar-refractivity contribution >= 4 is 23.6 Å². The lowest BCUT2D eigenvalue weighted by Gasteiger charge is -2.17. The highest BCUT2D eigenvalue weighted by Crippen LogP contribution is 2.17. The van der Waals surface area contributed by atoms with Gasteiger partial charge < -0.3 is 4.74 Å². The summed E-state index contributed by atoms with van der Waals surface area (Å²) in [6.45, 7) is 5.36. The van der Waals surface area contributed by atoms with Crippen LogP contribution in [0.15, 0.2) is 24.3 Å². The molecule has 0 N–H and O–H groups in total. The third-order valence-corrected chi connectivity index (χ3v) is 2.05. The second kappa shape index (κ2) is 5.32. The Morgan fingerprint density at radius 3 is 2.59 bits per heavy atom. The SMILES string of the molecule is CC(C)(C)OC(=O)C=Cc1ccc(F)c(Cl)c1. The van der Waals surface area contributed by atoms with Gasteiger partial charge in [-0.3, -0.25) is 0 Å². The summed E-state index contributed by atoms with van der Waals surface area (Å²) in [7, 11) is 0. The Balaban J connectivity index is 2.71. The maximum Gasteiger partial charge on any atom is 0.331 e. The molecule has 92 valence electrons. The quantitative estimate of drug-likeness (QED) is 0.594. The van der Waals surface area contributed by atoms with Crippen LogP contribution in [0.25, 0.3) is 6.08 Å². The van der Waals surface area contributed by atoms with Gasteiger partial charge in [0.05, 0.1) is 5.02 Å². The average molecular weight is 257 g/mol. The van der Waals surface area contributed by atoms with Crippen LogP contribution in [0.5, 0.6) is 0 Å². The van der Waals surface area contributed by atoms with Crippen LogP contribution in [-0.4, -0.2) is 11.6 Å². The molecule has 0 unspecified atom stereocenters. The third-order valence-electron chi connectivity index (χ3n) is 1.76. The van der Waals surface area contributed by atoms with E-state index in [1.54, 1.807) is 20.8 Å². The largest absolute Gasteiger partial charge is 0.457 e. The molecular formula is C13H14ClFO2. The van der Waals surface area contributed by atoms with Crippen LogP contribution in [0.4, 0.5) is 4.39 Å². The highest BCUT2D eigenvalue weighted by Gasteiger charge is 2.13. The molecule has 0 bridgehead atoms. The first-order valence-electron chi connectivity index (χ1n) is 5.14. The van der Waals surface area contributed by atoms with Crippen molar-refractivity contribution in [3.05, 3.63) is 40.7 Å². The van der Waals surface area contributed by atoms with Gasteiger partial charge in [0.25, 0.3) is 0 Å². The summed E-state index contributed by atoms with van der Waals surface area (Å²) in [4.78, 5) is 11.4. The normalized spacial score (nSPS) is 11.8. The van der Waals surface area contributed by atoms with E-state index in [-0.39, 0.29) is 5.02 Å². The summed E-state index contributed by atoms with van der Waals surface area (Å²) < 4.78 is 18.0. The summed E-state index contributed by atoms with van der Waals surface area (Å²) in [5.41, 5.74) is 0.115. The Hall–Kier alpha value is -1.35. The molecule has 1 aromatic carbocycles. The molecule has 0 aliphatic rings. The van der Waals surface area contributed by atoms with E-state index in [1.165, 1.54) is 30.4 Å².